The summed E-state index contributed by atoms with van der Waals surface area (Å²) in [5, 5.41) is 43.7. The Morgan fingerprint density at radius 2 is 0.404 bits per heavy atom. The summed E-state index contributed by atoms with van der Waals surface area (Å²) in [7, 11) is 0. The molecule has 810 valence electrons. The third-order valence-corrected chi connectivity index (χ3v) is 23.0. The summed E-state index contributed by atoms with van der Waals surface area (Å²) in [4.78, 5) is 267. The smallest absolute Gasteiger partial charge is 0.243 e. The molecule has 0 aliphatic heterocycles. The average Bonchev–Trinajstić information content (AvgIpc) is 0.852. The standard InChI is InChI=1S/C96H182N26O19/c1-55(2)46-63(102)82(127)108-65(31-20-25-41-98)84(129)113-69(36-38-78(103)123)88(133)118-77(53-62(15)16)96(141)120-73(49-58(7)8)92(137)112-68(34-23-28-44-101)87(132)116-76(52-61(13)14)94(139)119-72(48-57(5)6)91(136)111-66(32-21-26-42-99)85(130)110-67(33-22-27-43-100)86(131)115-75(51-60(11)12)95(140)121-74(50-59(9)10)93(138)114-70(37-39-79(104)124)89(134)117-71(47-56(3)4)90(135)109-64(30-19-24-40-97)83(128)107-54-81(126)106-45-29-17-18-35-80(125)122-105/h55-77H,17-54,97-102,105H2,1-16H3,(H2,103,123)(H2,104,124)(H,106,126)(H,107,128)(H,108,127)(H,109,135)(H,110,130)(H,111,136)(H,112,137)(H,113,129)(H,114,138)(H,115,131)(H,116,132)(H,117,134)(H,118,133)(H,119,139)(H,120,141)(H,121,140)(H,122,125)/t63-,64-,65-,66-,67-,68-,69-,70-,71-,72-,73-,74-,75-,76-,77-/m0/s1. The van der Waals surface area contributed by atoms with Crippen molar-refractivity contribution in [1.82, 2.24) is 90.5 Å². The molecule has 15 atom stereocenters. The van der Waals surface area contributed by atoms with Gasteiger partial charge < -0.3 is 131 Å². The molecule has 0 saturated carbocycles. The summed E-state index contributed by atoms with van der Waals surface area (Å²) in [5.41, 5.74) is 48.7. The van der Waals surface area contributed by atoms with Crippen LogP contribution in [-0.2, 0) is 91.1 Å². The molecule has 141 heavy (non-hydrogen) atoms. The van der Waals surface area contributed by atoms with E-state index in [-0.39, 0.29) is 202 Å². The fourth-order valence-electron chi connectivity index (χ4n) is 15.5. The molecule has 0 aromatic carbocycles. The van der Waals surface area contributed by atoms with Gasteiger partial charge in [0.25, 0.3) is 0 Å². The number of hydrazine groups is 1. The Morgan fingerprint density at radius 1 is 0.206 bits per heavy atom. The van der Waals surface area contributed by atoms with Crippen molar-refractivity contribution in [3.63, 3.8) is 0 Å². The summed E-state index contributed by atoms with van der Waals surface area (Å²) in [6, 6.07) is -19.9. The van der Waals surface area contributed by atoms with Crippen LogP contribution in [0.4, 0.5) is 0 Å². The second kappa shape index (κ2) is 73.7. The van der Waals surface area contributed by atoms with Crippen LogP contribution < -0.4 is 142 Å². The minimum Gasteiger partial charge on any atom is -0.370 e. The molecule has 0 spiro atoms. The number of amides is 19. The molecule has 0 aromatic heterocycles. The molecule has 0 bridgehead atoms. The summed E-state index contributed by atoms with van der Waals surface area (Å²) in [6.45, 7) is 29.8. The molecule has 0 aliphatic carbocycles. The van der Waals surface area contributed by atoms with Crippen LogP contribution in [0.25, 0.3) is 0 Å². The first-order valence-electron chi connectivity index (χ1n) is 51.0. The van der Waals surface area contributed by atoms with Crippen LogP contribution in [0, 0.1) is 47.3 Å². The van der Waals surface area contributed by atoms with Crippen LogP contribution in [-0.4, -0.2) is 249 Å². The zero-order valence-corrected chi connectivity index (χ0v) is 87.1. The largest absolute Gasteiger partial charge is 0.370 e. The highest BCUT2D eigenvalue weighted by Gasteiger charge is 2.40. The van der Waals surface area contributed by atoms with Gasteiger partial charge in [-0.15, -0.1) is 0 Å². The summed E-state index contributed by atoms with van der Waals surface area (Å²) >= 11 is 0. The first-order valence-corrected chi connectivity index (χ1v) is 51.0. The number of rotatable bonds is 79. The molecule has 35 N–H and O–H groups in total. The molecule has 45 nitrogen and oxygen atoms in total. The average molecular weight is 2000 g/mol. The van der Waals surface area contributed by atoms with Gasteiger partial charge in [0.05, 0.1) is 12.6 Å². The van der Waals surface area contributed by atoms with Crippen molar-refractivity contribution < 1.29 is 91.1 Å². The highest BCUT2D eigenvalue weighted by atomic mass is 16.2. The monoisotopic (exact) mass is 2000 g/mol. The normalized spacial score (nSPS) is 14.7. The first-order chi connectivity index (χ1) is 66.4. The molecule has 0 radical (unpaired) electrons. The van der Waals surface area contributed by atoms with E-state index in [2.05, 4.69) is 90.5 Å². The van der Waals surface area contributed by atoms with Crippen molar-refractivity contribution in [1.29, 1.82) is 0 Å². The van der Waals surface area contributed by atoms with Crippen molar-refractivity contribution in [2.45, 2.75) is 400 Å². The van der Waals surface area contributed by atoms with Gasteiger partial charge in [0, 0.05) is 25.8 Å². The van der Waals surface area contributed by atoms with E-state index in [1.807, 2.05) is 13.8 Å². The van der Waals surface area contributed by atoms with Gasteiger partial charge in [0.1, 0.15) is 84.6 Å². The van der Waals surface area contributed by atoms with Gasteiger partial charge in [-0.2, -0.15) is 0 Å². The Morgan fingerprint density at radius 3 is 0.610 bits per heavy atom. The Labute approximate surface area is 835 Å². The lowest BCUT2D eigenvalue weighted by molar-refractivity contribution is -0.137. The molecule has 0 fully saturated rings. The lowest BCUT2D eigenvalue weighted by Gasteiger charge is -2.30. The second-order valence-electron chi connectivity index (χ2n) is 40.4. The van der Waals surface area contributed by atoms with Crippen molar-refractivity contribution in [2.24, 2.45) is 99.1 Å². The lowest BCUT2D eigenvalue weighted by atomic mass is 9.98. The van der Waals surface area contributed by atoms with Gasteiger partial charge in [-0.05, 0) is 253 Å². The van der Waals surface area contributed by atoms with E-state index in [1.165, 1.54) is 0 Å². The maximum absolute atomic E-state index is 15.0. The molecule has 0 aliphatic rings. The Balaban J connectivity index is 7.45. The van der Waals surface area contributed by atoms with Crippen molar-refractivity contribution in [2.75, 3.05) is 45.8 Å². The lowest BCUT2D eigenvalue weighted by Crippen LogP contribution is -2.61. The van der Waals surface area contributed by atoms with Crippen molar-refractivity contribution in [3.05, 3.63) is 0 Å². The summed E-state index contributed by atoms with van der Waals surface area (Å²) in [5.74, 6) is -11.2. The highest BCUT2D eigenvalue weighted by Crippen LogP contribution is 2.20. The van der Waals surface area contributed by atoms with Gasteiger partial charge in [0.2, 0.25) is 112 Å². The van der Waals surface area contributed by atoms with E-state index in [9.17, 15) is 91.1 Å². The summed E-state index contributed by atoms with van der Waals surface area (Å²) in [6.07, 6.45) is 4.84. The fourth-order valence-corrected chi connectivity index (χ4v) is 15.5. The van der Waals surface area contributed by atoms with Gasteiger partial charge >= 0.3 is 0 Å². The number of primary amides is 2. The van der Waals surface area contributed by atoms with Crippen LogP contribution in [0.3, 0.4) is 0 Å². The molecule has 45 heteroatoms. The molecular formula is C96H182N26O19. The highest BCUT2D eigenvalue weighted by molar-refractivity contribution is 6.01. The minimum absolute atomic E-state index is 0.00111. The third kappa shape index (κ3) is 59.4. The Kier molecular flexibility index (Phi) is 68.3. The fraction of sp³-hybridized carbons (Fsp3) is 0.802. The predicted molar refractivity (Wildman–Crippen MR) is 539 cm³/mol. The number of nitrogens with one attached hydrogen (secondary N) is 17. The number of carbonyl (C=O) groups is 19. The molecule has 0 rings (SSSR count). The van der Waals surface area contributed by atoms with E-state index in [0.717, 1.165) is 0 Å². The predicted octanol–water partition coefficient (Wildman–Crippen LogP) is -1.57. The summed E-state index contributed by atoms with van der Waals surface area (Å²) < 4.78 is 0. The number of carbonyl (C=O) groups excluding carboxylic acids is 19. The minimum atomic E-state index is -1.55. The first kappa shape index (κ1) is 131. The number of hydrogen-bond acceptors (Lipinski definition) is 26. The molecule has 0 unspecified atom stereocenters. The maximum atomic E-state index is 15.0. The number of unbranched alkanes of at least 4 members (excludes halogenated alkanes) is 7. The van der Waals surface area contributed by atoms with Gasteiger partial charge in [-0.3, -0.25) is 96.5 Å². The van der Waals surface area contributed by atoms with Crippen LogP contribution in [0.5, 0.6) is 0 Å². The third-order valence-electron chi connectivity index (χ3n) is 23.0. The maximum Gasteiger partial charge on any atom is 0.243 e. The van der Waals surface area contributed by atoms with Gasteiger partial charge in [-0.25, -0.2) is 5.84 Å². The Hall–Kier alpha value is -10.3. The second-order valence-corrected chi connectivity index (χ2v) is 40.4. The zero-order valence-electron chi connectivity index (χ0n) is 87.1. The van der Waals surface area contributed by atoms with E-state index in [1.54, 1.807) is 96.9 Å². The number of nitrogens with two attached hydrogens (primary N) is 9. The van der Waals surface area contributed by atoms with Crippen molar-refractivity contribution in [3.8, 4) is 0 Å². The molecule has 19 amide bonds. The van der Waals surface area contributed by atoms with Crippen LogP contribution in [0.1, 0.15) is 310 Å². The van der Waals surface area contributed by atoms with Crippen molar-refractivity contribution >= 4 is 112 Å². The molecular weight excluding hydrogens is 1820 g/mol. The number of hydrogen-bond donors (Lipinski definition) is 26. The van der Waals surface area contributed by atoms with Gasteiger partial charge in [0.15, 0.2) is 0 Å². The van der Waals surface area contributed by atoms with Crippen LogP contribution in [0.15, 0.2) is 0 Å². The van der Waals surface area contributed by atoms with Gasteiger partial charge in [-0.1, -0.05) is 117 Å². The molecule has 0 aromatic rings. The quantitative estimate of drug-likeness (QED) is 0.0142. The molecule has 0 saturated heterocycles. The SMILES string of the molecule is CC(C)C[C@H](NC(=O)[C@H](CCC(N)=O)NC(=O)[C@H](CC(C)C)NC(=O)[C@H](CC(C)C)NC(=O)[C@H](CCCCN)NC(=O)[C@H](CCCCN)NC(=O)[C@H](CC(C)C)NC(=O)[C@H](CC(C)C)NC(=O)[C@H](CCCCN)NC(=O)[C@H](CC(C)C)NC(=O)[C@H](CC(C)C)NC(=O)[C@H](CCC(N)=O)NC(=O)[C@H](CCCCN)NC(=O)[C@@H](N)CC(C)C)C(=O)N[C@@H](CCCCN)C(=O)NCC(=O)NCCCCCC(=O)NN. The van der Waals surface area contributed by atoms with E-state index < -0.39 is 210 Å². The topological polar surface area (TPSA) is 763 Å². The van der Waals surface area contributed by atoms with Crippen LogP contribution in [0.2, 0.25) is 0 Å². The van der Waals surface area contributed by atoms with E-state index in [4.69, 9.17) is 51.7 Å². The Bertz CT molecular complexity index is 3840. The zero-order chi connectivity index (χ0) is 107. The molecule has 0 heterocycles. The van der Waals surface area contributed by atoms with E-state index >= 15 is 0 Å². The van der Waals surface area contributed by atoms with E-state index in [0.29, 0.717) is 83.6 Å². The van der Waals surface area contributed by atoms with Crippen LogP contribution >= 0.6 is 0 Å².